The van der Waals surface area contributed by atoms with Crippen LogP contribution in [0.2, 0.25) is 0 Å². The molecule has 0 aromatic carbocycles. The molecule has 0 bridgehead atoms. The van der Waals surface area contributed by atoms with Gasteiger partial charge < -0.3 is 4.74 Å². The van der Waals surface area contributed by atoms with Crippen LogP contribution in [0.4, 0.5) is 0 Å². The van der Waals surface area contributed by atoms with Gasteiger partial charge in [-0.1, -0.05) is 6.07 Å². The molecule has 0 aliphatic carbocycles. The van der Waals surface area contributed by atoms with Gasteiger partial charge in [-0.05, 0) is 12.1 Å². The third kappa shape index (κ3) is 3.16. The SMILES string of the molecule is Cn1cc(CN2Cc3ccnn3C(COc3ccccn3)C2)cn1. The van der Waals surface area contributed by atoms with Gasteiger partial charge in [-0.15, -0.1) is 0 Å². The van der Waals surface area contributed by atoms with Crippen molar-refractivity contribution in [2.75, 3.05) is 13.2 Å². The summed E-state index contributed by atoms with van der Waals surface area (Å²) in [5.74, 6) is 0.649. The highest BCUT2D eigenvalue weighted by atomic mass is 16.5. The Bertz CT molecular complexity index is 796. The van der Waals surface area contributed by atoms with E-state index in [1.807, 2.05) is 42.3 Å². The third-order valence-electron chi connectivity index (χ3n) is 4.18. The van der Waals surface area contributed by atoms with Gasteiger partial charge in [0.05, 0.1) is 17.9 Å². The zero-order valence-electron chi connectivity index (χ0n) is 13.6. The molecule has 7 heteroatoms. The van der Waals surface area contributed by atoms with Gasteiger partial charge in [0, 0.05) is 56.9 Å². The number of pyridine rings is 1. The van der Waals surface area contributed by atoms with E-state index in [1.165, 1.54) is 11.3 Å². The molecule has 24 heavy (non-hydrogen) atoms. The molecule has 7 nitrogen and oxygen atoms in total. The highest BCUT2D eigenvalue weighted by molar-refractivity contribution is 5.11. The van der Waals surface area contributed by atoms with Gasteiger partial charge in [0.15, 0.2) is 0 Å². The Kier molecular flexibility index (Phi) is 4.00. The van der Waals surface area contributed by atoms with Crippen LogP contribution in [0.15, 0.2) is 49.1 Å². The summed E-state index contributed by atoms with van der Waals surface area (Å²) in [5.41, 5.74) is 2.43. The second kappa shape index (κ2) is 6.45. The first-order chi connectivity index (χ1) is 11.8. The molecule has 3 aromatic heterocycles. The molecule has 4 rings (SSSR count). The lowest BCUT2D eigenvalue weighted by Crippen LogP contribution is -2.39. The molecule has 1 aliphatic heterocycles. The van der Waals surface area contributed by atoms with Crippen molar-refractivity contribution >= 4 is 0 Å². The molecule has 0 N–H and O–H groups in total. The Labute approximate surface area is 140 Å². The van der Waals surface area contributed by atoms with Crippen LogP contribution in [0.1, 0.15) is 17.3 Å². The third-order valence-corrected chi connectivity index (χ3v) is 4.18. The quantitative estimate of drug-likeness (QED) is 0.714. The number of rotatable bonds is 5. The monoisotopic (exact) mass is 324 g/mol. The topological polar surface area (TPSA) is 61.0 Å². The lowest BCUT2D eigenvalue weighted by Gasteiger charge is -2.33. The average Bonchev–Trinajstić information content (AvgIpc) is 3.22. The average molecular weight is 324 g/mol. The van der Waals surface area contributed by atoms with Crippen molar-refractivity contribution in [3.05, 3.63) is 60.3 Å². The fourth-order valence-electron chi connectivity index (χ4n) is 3.13. The standard InChI is InChI=1S/C17H20N6O/c1-21-9-14(8-20-21)10-22-11-15-5-7-19-23(15)16(12-22)13-24-17-4-2-3-6-18-17/h2-9,16H,10-13H2,1H3. The first-order valence-electron chi connectivity index (χ1n) is 8.04. The van der Waals surface area contributed by atoms with E-state index in [2.05, 4.69) is 37.0 Å². The van der Waals surface area contributed by atoms with E-state index in [-0.39, 0.29) is 6.04 Å². The normalized spacial score (nSPS) is 17.6. The molecular weight excluding hydrogens is 304 g/mol. The minimum atomic E-state index is 0.169. The molecule has 3 aromatic rings. The van der Waals surface area contributed by atoms with Crippen LogP contribution in [0.3, 0.4) is 0 Å². The van der Waals surface area contributed by atoms with Crippen molar-refractivity contribution in [3.63, 3.8) is 0 Å². The molecule has 0 spiro atoms. The number of nitrogens with zero attached hydrogens (tertiary/aromatic N) is 6. The van der Waals surface area contributed by atoms with Crippen LogP contribution in [0, 0.1) is 0 Å². The molecule has 0 fully saturated rings. The zero-order valence-corrected chi connectivity index (χ0v) is 13.6. The van der Waals surface area contributed by atoms with Gasteiger partial charge in [0.2, 0.25) is 5.88 Å². The van der Waals surface area contributed by atoms with E-state index in [1.54, 1.807) is 6.20 Å². The number of hydrogen-bond donors (Lipinski definition) is 0. The van der Waals surface area contributed by atoms with Gasteiger partial charge >= 0.3 is 0 Å². The van der Waals surface area contributed by atoms with Crippen molar-refractivity contribution in [2.45, 2.75) is 19.1 Å². The first kappa shape index (κ1) is 14.9. The smallest absolute Gasteiger partial charge is 0.213 e. The summed E-state index contributed by atoms with van der Waals surface area (Å²) in [5, 5.41) is 8.72. The van der Waals surface area contributed by atoms with Gasteiger partial charge in [-0.3, -0.25) is 14.3 Å². The fraction of sp³-hybridized carbons (Fsp3) is 0.353. The van der Waals surface area contributed by atoms with E-state index in [9.17, 15) is 0 Å². The van der Waals surface area contributed by atoms with Gasteiger partial charge in [0.25, 0.3) is 0 Å². The number of ether oxygens (including phenoxy) is 1. The Morgan fingerprint density at radius 2 is 2.17 bits per heavy atom. The number of hydrogen-bond acceptors (Lipinski definition) is 5. The molecule has 4 heterocycles. The van der Waals surface area contributed by atoms with Gasteiger partial charge in [-0.2, -0.15) is 10.2 Å². The Hall–Kier alpha value is -2.67. The summed E-state index contributed by atoms with van der Waals surface area (Å²) in [4.78, 5) is 6.62. The predicted octanol–water partition coefficient (Wildman–Crippen LogP) is 1.65. The number of fused-ring (bicyclic) bond motifs is 1. The highest BCUT2D eigenvalue weighted by Crippen LogP contribution is 2.22. The number of aryl methyl sites for hydroxylation is 1. The van der Waals surface area contributed by atoms with E-state index < -0.39 is 0 Å². The summed E-state index contributed by atoms with van der Waals surface area (Å²) in [6.07, 6.45) is 7.58. The lowest BCUT2D eigenvalue weighted by molar-refractivity contribution is 0.125. The lowest BCUT2D eigenvalue weighted by atomic mass is 10.2. The minimum absolute atomic E-state index is 0.169. The molecule has 1 aliphatic rings. The van der Waals surface area contributed by atoms with Gasteiger partial charge in [0.1, 0.15) is 6.61 Å². The maximum absolute atomic E-state index is 5.86. The maximum atomic E-state index is 5.86. The van der Waals surface area contributed by atoms with Crippen molar-refractivity contribution in [2.24, 2.45) is 7.05 Å². The van der Waals surface area contributed by atoms with Crippen molar-refractivity contribution in [1.82, 2.24) is 29.4 Å². The molecular formula is C17H20N6O. The summed E-state index contributed by atoms with van der Waals surface area (Å²) < 4.78 is 9.77. The minimum Gasteiger partial charge on any atom is -0.475 e. The Morgan fingerprint density at radius 1 is 1.21 bits per heavy atom. The maximum Gasteiger partial charge on any atom is 0.213 e. The van der Waals surface area contributed by atoms with Crippen LogP contribution in [0.25, 0.3) is 0 Å². The summed E-state index contributed by atoms with van der Waals surface area (Å²) in [7, 11) is 1.94. The second-order valence-corrected chi connectivity index (χ2v) is 6.09. The van der Waals surface area contributed by atoms with E-state index >= 15 is 0 Å². The Morgan fingerprint density at radius 3 is 2.96 bits per heavy atom. The summed E-state index contributed by atoms with van der Waals surface area (Å²) >= 11 is 0. The first-order valence-corrected chi connectivity index (χ1v) is 8.04. The predicted molar refractivity (Wildman–Crippen MR) is 88.3 cm³/mol. The molecule has 0 saturated heterocycles. The van der Waals surface area contributed by atoms with Crippen molar-refractivity contribution in [1.29, 1.82) is 0 Å². The zero-order chi connectivity index (χ0) is 16.4. The van der Waals surface area contributed by atoms with Crippen LogP contribution in [0.5, 0.6) is 5.88 Å². The summed E-state index contributed by atoms with van der Waals surface area (Å²) in [6, 6.07) is 7.93. The second-order valence-electron chi connectivity index (χ2n) is 6.09. The van der Waals surface area contributed by atoms with Crippen LogP contribution in [-0.4, -0.2) is 42.6 Å². The summed E-state index contributed by atoms with van der Waals surface area (Å²) in [6.45, 7) is 3.19. The van der Waals surface area contributed by atoms with Crippen molar-refractivity contribution in [3.8, 4) is 5.88 Å². The largest absolute Gasteiger partial charge is 0.475 e. The number of aromatic nitrogens is 5. The molecule has 124 valence electrons. The molecule has 0 radical (unpaired) electrons. The fourth-order valence-corrected chi connectivity index (χ4v) is 3.13. The van der Waals surface area contributed by atoms with E-state index in [0.717, 1.165) is 19.6 Å². The molecule has 1 unspecified atom stereocenters. The van der Waals surface area contributed by atoms with E-state index in [0.29, 0.717) is 12.5 Å². The van der Waals surface area contributed by atoms with E-state index in [4.69, 9.17) is 4.74 Å². The van der Waals surface area contributed by atoms with Crippen LogP contribution in [-0.2, 0) is 20.1 Å². The van der Waals surface area contributed by atoms with Gasteiger partial charge in [-0.25, -0.2) is 4.98 Å². The van der Waals surface area contributed by atoms with Crippen molar-refractivity contribution < 1.29 is 4.74 Å². The molecule has 0 saturated carbocycles. The molecule has 1 atom stereocenters. The highest BCUT2D eigenvalue weighted by Gasteiger charge is 2.26. The van der Waals surface area contributed by atoms with Crippen LogP contribution >= 0.6 is 0 Å². The molecule has 0 amide bonds. The Balaban J connectivity index is 1.46. The van der Waals surface area contributed by atoms with Crippen LogP contribution < -0.4 is 4.74 Å².